The molecule has 0 spiro atoms. The van der Waals surface area contributed by atoms with Crippen LogP contribution in [0.1, 0.15) is 36.8 Å². The van der Waals surface area contributed by atoms with Gasteiger partial charge in [-0.05, 0) is 61.9 Å². The largest absolute Gasteiger partial charge is 0.383 e. The number of carbonyl (C=O) groups excluding carboxylic acids is 1. The van der Waals surface area contributed by atoms with Crippen LogP contribution in [-0.2, 0) is 9.67 Å². The van der Waals surface area contributed by atoms with Crippen molar-refractivity contribution in [1.82, 2.24) is 5.01 Å². The first-order valence-corrected chi connectivity index (χ1v) is 10.8. The molecule has 1 aliphatic carbocycles. The highest BCUT2D eigenvalue weighted by Crippen LogP contribution is 2.51. The second-order valence-corrected chi connectivity index (χ2v) is 8.87. The Morgan fingerprint density at radius 1 is 1.27 bits per heavy atom. The molecule has 30 heavy (non-hydrogen) atoms. The van der Waals surface area contributed by atoms with Crippen LogP contribution in [0.5, 0.6) is 0 Å². The maximum absolute atomic E-state index is 14.5. The molecule has 0 saturated heterocycles. The molecular weight excluding hydrogens is 408 g/mol. The van der Waals surface area contributed by atoms with Gasteiger partial charge in [0.15, 0.2) is 0 Å². The van der Waals surface area contributed by atoms with E-state index in [9.17, 15) is 18.7 Å². The lowest BCUT2D eigenvalue weighted by molar-refractivity contribution is -0.145. The minimum Gasteiger partial charge on any atom is -0.383 e. The number of aliphatic hydroxyl groups is 1. The van der Waals surface area contributed by atoms with Crippen LogP contribution < -0.4 is 5.73 Å². The van der Waals surface area contributed by atoms with E-state index >= 15 is 0 Å². The lowest BCUT2D eigenvalue weighted by Crippen LogP contribution is -2.46. The van der Waals surface area contributed by atoms with Gasteiger partial charge in [0.1, 0.15) is 27.7 Å². The monoisotopic (exact) mass is 431 g/mol. The maximum Gasteiger partial charge on any atom is 0.273 e. The van der Waals surface area contributed by atoms with Crippen molar-refractivity contribution >= 4 is 22.7 Å². The third-order valence-corrected chi connectivity index (χ3v) is 6.88. The minimum absolute atomic E-state index is 0.00994. The average molecular weight is 432 g/mol. The number of thioether (sulfide) groups is 1. The van der Waals surface area contributed by atoms with Gasteiger partial charge in [0, 0.05) is 5.56 Å². The van der Waals surface area contributed by atoms with Gasteiger partial charge in [-0.2, -0.15) is 5.10 Å². The van der Waals surface area contributed by atoms with E-state index in [0.717, 1.165) is 36.6 Å². The first-order valence-electron chi connectivity index (χ1n) is 9.97. The molecule has 1 unspecified atom stereocenters. The zero-order chi connectivity index (χ0) is 21.3. The van der Waals surface area contributed by atoms with Gasteiger partial charge < -0.3 is 10.8 Å². The van der Waals surface area contributed by atoms with Crippen LogP contribution in [0.15, 0.2) is 53.6 Å². The summed E-state index contributed by atoms with van der Waals surface area (Å²) in [5.74, 6) is -1.83. The fourth-order valence-electron chi connectivity index (χ4n) is 3.65. The van der Waals surface area contributed by atoms with E-state index in [2.05, 4.69) is 5.10 Å². The van der Waals surface area contributed by atoms with Crippen LogP contribution in [0.25, 0.3) is 0 Å². The standard InChI is InChI=1S/C22H23F2N3O2S/c23-16-9-10-18(24)17(13-16)20-26-27(21(29)19(28)14-7-8-14)22(30-20,11-4-12-25)15-5-2-1-3-6-15/h1-3,5-6,9-10,13-14,19,28H,4,7-8,11-12,25H2/t19-,22?/m0/s1. The molecule has 3 N–H and O–H groups in total. The summed E-state index contributed by atoms with van der Waals surface area (Å²) in [5, 5.41) is 16.4. The zero-order valence-electron chi connectivity index (χ0n) is 16.3. The summed E-state index contributed by atoms with van der Waals surface area (Å²) in [5.41, 5.74) is 6.54. The number of aliphatic hydroxyl groups excluding tert-OH is 1. The number of rotatable bonds is 7. The number of benzene rings is 2. The van der Waals surface area contributed by atoms with E-state index in [0.29, 0.717) is 19.4 Å². The van der Waals surface area contributed by atoms with E-state index in [1.54, 1.807) is 0 Å². The van der Waals surface area contributed by atoms with Gasteiger partial charge in [-0.25, -0.2) is 13.8 Å². The van der Waals surface area contributed by atoms with Crippen molar-refractivity contribution in [2.75, 3.05) is 6.54 Å². The van der Waals surface area contributed by atoms with Crippen LogP contribution >= 0.6 is 11.8 Å². The fraction of sp³-hybridized carbons (Fsp3) is 0.364. The van der Waals surface area contributed by atoms with Crippen LogP contribution in [0.4, 0.5) is 8.78 Å². The molecule has 0 bridgehead atoms. The molecule has 1 fully saturated rings. The number of hydrazone groups is 1. The molecule has 0 aromatic heterocycles. The summed E-state index contributed by atoms with van der Waals surface area (Å²) in [4.78, 5) is 12.3. The Balaban J connectivity index is 1.82. The normalized spacial score (nSPS) is 22.1. The van der Waals surface area contributed by atoms with Crippen molar-refractivity contribution in [3.63, 3.8) is 0 Å². The number of hydrogen-bond acceptors (Lipinski definition) is 5. The topological polar surface area (TPSA) is 78.9 Å². The molecule has 8 heteroatoms. The summed E-state index contributed by atoms with van der Waals surface area (Å²) in [6.45, 7) is 0.395. The van der Waals surface area contributed by atoms with Crippen molar-refractivity contribution in [1.29, 1.82) is 0 Å². The Hall–Kier alpha value is -2.29. The van der Waals surface area contributed by atoms with Gasteiger partial charge in [-0.3, -0.25) is 4.79 Å². The van der Waals surface area contributed by atoms with Gasteiger partial charge in [-0.15, -0.1) is 0 Å². The highest BCUT2D eigenvalue weighted by atomic mass is 32.2. The lowest BCUT2D eigenvalue weighted by atomic mass is 9.99. The first-order chi connectivity index (χ1) is 14.5. The molecule has 1 amide bonds. The number of halogens is 2. The van der Waals surface area contributed by atoms with Gasteiger partial charge >= 0.3 is 0 Å². The molecule has 0 radical (unpaired) electrons. The summed E-state index contributed by atoms with van der Waals surface area (Å²) in [6, 6.07) is 12.5. The zero-order valence-corrected chi connectivity index (χ0v) is 17.1. The van der Waals surface area contributed by atoms with Gasteiger partial charge in [0.2, 0.25) is 0 Å². The van der Waals surface area contributed by atoms with E-state index in [1.165, 1.54) is 16.8 Å². The van der Waals surface area contributed by atoms with E-state index < -0.39 is 28.5 Å². The predicted octanol–water partition coefficient (Wildman–Crippen LogP) is 3.56. The SMILES string of the molecule is NCCCC1(c2ccccc2)SC(c2cc(F)ccc2F)=NN1C(=O)[C@@H](O)C1CC1. The van der Waals surface area contributed by atoms with Crippen molar-refractivity contribution in [3.05, 3.63) is 71.3 Å². The van der Waals surface area contributed by atoms with Gasteiger partial charge in [0.05, 0.1) is 0 Å². The minimum atomic E-state index is -1.17. The lowest BCUT2D eigenvalue weighted by Gasteiger charge is -2.36. The number of amides is 1. The number of hydrogen-bond donors (Lipinski definition) is 2. The third kappa shape index (κ3) is 3.87. The van der Waals surface area contributed by atoms with Crippen molar-refractivity contribution in [3.8, 4) is 0 Å². The van der Waals surface area contributed by atoms with Crippen LogP contribution in [0.2, 0.25) is 0 Å². The van der Waals surface area contributed by atoms with Crippen LogP contribution in [0.3, 0.4) is 0 Å². The summed E-state index contributed by atoms with van der Waals surface area (Å²) in [7, 11) is 0. The van der Waals surface area contributed by atoms with E-state index in [4.69, 9.17) is 5.73 Å². The smallest absolute Gasteiger partial charge is 0.273 e. The predicted molar refractivity (Wildman–Crippen MR) is 112 cm³/mol. The molecule has 2 atom stereocenters. The van der Waals surface area contributed by atoms with Crippen molar-refractivity contribution < 1.29 is 18.7 Å². The Morgan fingerprint density at radius 3 is 2.67 bits per heavy atom. The molecule has 1 saturated carbocycles. The number of nitrogens with two attached hydrogens (primary N) is 1. The molecular formula is C22H23F2N3O2S. The Bertz CT molecular complexity index is 968. The Morgan fingerprint density at radius 2 is 2.00 bits per heavy atom. The first kappa shape index (κ1) is 21.0. The van der Waals surface area contributed by atoms with Crippen molar-refractivity contribution in [2.45, 2.75) is 36.7 Å². The highest BCUT2D eigenvalue weighted by molar-refractivity contribution is 8.15. The molecule has 2 aliphatic rings. The molecule has 158 valence electrons. The van der Waals surface area contributed by atoms with E-state index in [1.807, 2.05) is 30.3 Å². The molecule has 4 rings (SSSR count). The average Bonchev–Trinajstić information content (AvgIpc) is 3.54. The molecule has 5 nitrogen and oxygen atoms in total. The quantitative estimate of drug-likeness (QED) is 0.703. The summed E-state index contributed by atoms with van der Waals surface area (Å²) >= 11 is 1.19. The Kier molecular flexibility index (Phi) is 5.90. The molecule has 2 aromatic rings. The Labute approximate surface area is 178 Å². The van der Waals surface area contributed by atoms with Gasteiger partial charge in [-0.1, -0.05) is 42.1 Å². The van der Waals surface area contributed by atoms with Crippen LogP contribution in [0, 0.1) is 17.6 Å². The number of carbonyl (C=O) groups is 1. The second-order valence-electron chi connectivity index (χ2n) is 7.61. The number of nitrogens with zero attached hydrogens (tertiary/aromatic N) is 2. The van der Waals surface area contributed by atoms with Crippen LogP contribution in [-0.4, -0.2) is 33.7 Å². The molecule has 1 heterocycles. The van der Waals surface area contributed by atoms with Gasteiger partial charge in [0.25, 0.3) is 5.91 Å². The summed E-state index contributed by atoms with van der Waals surface area (Å²) in [6.07, 6.45) is 1.42. The molecule has 2 aromatic carbocycles. The van der Waals surface area contributed by atoms with Crippen molar-refractivity contribution in [2.24, 2.45) is 16.8 Å². The second kappa shape index (κ2) is 8.45. The molecule has 1 aliphatic heterocycles. The third-order valence-electron chi connectivity index (χ3n) is 5.43. The highest BCUT2D eigenvalue weighted by Gasteiger charge is 2.51. The van der Waals surface area contributed by atoms with E-state index in [-0.39, 0.29) is 16.5 Å². The maximum atomic E-state index is 14.5. The fourth-order valence-corrected chi connectivity index (χ4v) is 5.08. The summed E-state index contributed by atoms with van der Waals surface area (Å²) < 4.78 is 28.4.